The van der Waals surface area contributed by atoms with Gasteiger partial charge < -0.3 is 5.73 Å². The molecule has 0 amide bonds. The largest absolute Gasteiger partial charge is 0.384 e. The van der Waals surface area contributed by atoms with E-state index in [2.05, 4.69) is 46.6 Å². The summed E-state index contributed by atoms with van der Waals surface area (Å²) in [4.78, 5) is 4.18. The molecular formula is C13H17BrN2. The Hall–Kier alpha value is -1.01. The predicted molar refractivity (Wildman–Crippen MR) is 71.9 cm³/mol. The van der Waals surface area contributed by atoms with Gasteiger partial charge in [0.25, 0.3) is 0 Å². The van der Waals surface area contributed by atoms with Crippen molar-refractivity contribution in [3.05, 3.63) is 22.3 Å². The number of nitrogens with two attached hydrogens (primary N) is 1. The van der Waals surface area contributed by atoms with Crippen LogP contribution in [0.15, 0.2) is 16.6 Å². The molecule has 1 aromatic rings. The fourth-order valence-electron chi connectivity index (χ4n) is 1.32. The van der Waals surface area contributed by atoms with Crippen LogP contribution in [0.2, 0.25) is 0 Å². The molecule has 2 nitrogen and oxygen atoms in total. The minimum atomic E-state index is 0.412. The first-order chi connectivity index (χ1) is 7.63. The lowest BCUT2D eigenvalue weighted by Gasteiger charge is -2.01. The Balaban J connectivity index is 2.72. The van der Waals surface area contributed by atoms with Gasteiger partial charge in [0.05, 0.1) is 4.47 Å². The number of rotatable bonds is 3. The van der Waals surface area contributed by atoms with E-state index >= 15 is 0 Å². The third kappa shape index (κ3) is 4.24. The quantitative estimate of drug-likeness (QED) is 0.860. The number of nitrogen functional groups attached to an aromatic ring is 1. The van der Waals surface area contributed by atoms with E-state index in [0.29, 0.717) is 11.7 Å². The average Bonchev–Trinajstić information content (AvgIpc) is 2.27. The topological polar surface area (TPSA) is 38.9 Å². The number of hydrogen-bond donors (Lipinski definition) is 1. The van der Waals surface area contributed by atoms with Crippen LogP contribution in [0.4, 0.5) is 5.82 Å². The van der Waals surface area contributed by atoms with Crippen LogP contribution in [0.1, 0.15) is 38.8 Å². The van der Waals surface area contributed by atoms with Crippen molar-refractivity contribution in [1.82, 2.24) is 4.98 Å². The van der Waals surface area contributed by atoms with Crippen molar-refractivity contribution in [3.8, 4) is 11.8 Å². The summed E-state index contributed by atoms with van der Waals surface area (Å²) < 4.78 is 0.900. The smallest absolute Gasteiger partial charge is 0.129 e. The first-order valence-electron chi connectivity index (χ1n) is 5.57. The average molecular weight is 281 g/mol. The van der Waals surface area contributed by atoms with E-state index in [1.165, 1.54) is 12.8 Å². The Labute approximate surface area is 106 Å². The fourth-order valence-corrected chi connectivity index (χ4v) is 1.64. The molecule has 0 unspecified atom stereocenters. The Morgan fingerprint density at radius 2 is 2.25 bits per heavy atom. The van der Waals surface area contributed by atoms with Gasteiger partial charge in [0, 0.05) is 5.92 Å². The molecule has 0 aliphatic heterocycles. The minimum absolute atomic E-state index is 0.412. The highest BCUT2D eigenvalue weighted by molar-refractivity contribution is 9.10. The molecule has 2 N–H and O–H groups in total. The van der Waals surface area contributed by atoms with Gasteiger partial charge in [-0.2, -0.15) is 0 Å². The summed E-state index contributed by atoms with van der Waals surface area (Å²) in [5, 5.41) is 0. The summed E-state index contributed by atoms with van der Waals surface area (Å²) in [5.74, 6) is 7.20. The number of unbranched alkanes of at least 4 members (excludes halogenated alkanes) is 1. The summed E-state index contributed by atoms with van der Waals surface area (Å²) >= 11 is 3.41. The van der Waals surface area contributed by atoms with Crippen LogP contribution in [0.3, 0.4) is 0 Å². The van der Waals surface area contributed by atoms with Crippen LogP contribution >= 0.6 is 15.9 Å². The molecule has 3 heteroatoms. The highest BCUT2D eigenvalue weighted by Crippen LogP contribution is 2.15. The molecule has 0 aromatic carbocycles. The van der Waals surface area contributed by atoms with E-state index in [1.54, 1.807) is 6.07 Å². The highest BCUT2D eigenvalue weighted by Gasteiger charge is 1.99. The minimum Gasteiger partial charge on any atom is -0.384 e. The highest BCUT2D eigenvalue weighted by atomic mass is 79.9. The number of hydrogen-bond acceptors (Lipinski definition) is 2. The standard InChI is InChI=1S/C13H17BrN2/c1-3-4-5-10(2)6-8-12-11(14)7-9-13(15)16-12/h7,9-10H,3-5H2,1-2H3,(H2,15,16)/t10-/m1/s1. The van der Waals surface area contributed by atoms with E-state index in [-0.39, 0.29) is 0 Å². The van der Waals surface area contributed by atoms with E-state index < -0.39 is 0 Å². The van der Waals surface area contributed by atoms with Crippen LogP contribution in [-0.4, -0.2) is 4.98 Å². The van der Waals surface area contributed by atoms with Gasteiger partial charge in [0.2, 0.25) is 0 Å². The molecule has 0 radical (unpaired) electrons. The van der Waals surface area contributed by atoms with Gasteiger partial charge in [-0.15, -0.1) is 0 Å². The molecule has 0 aliphatic carbocycles. The van der Waals surface area contributed by atoms with Crippen molar-refractivity contribution in [2.24, 2.45) is 5.92 Å². The number of aromatic nitrogens is 1. The van der Waals surface area contributed by atoms with Crippen molar-refractivity contribution in [2.75, 3.05) is 5.73 Å². The van der Waals surface area contributed by atoms with Gasteiger partial charge in [-0.25, -0.2) is 4.98 Å². The second kappa shape index (κ2) is 6.55. The van der Waals surface area contributed by atoms with Gasteiger partial charge in [-0.3, -0.25) is 0 Å². The summed E-state index contributed by atoms with van der Waals surface area (Å²) in [5.41, 5.74) is 6.34. The molecule has 0 bridgehead atoms. The Morgan fingerprint density at radius 1 is 1.50 bits per heavy atom. The van der Waals surface area contributed by atoms with E-state index in [1.807, 2.05) is 6.07 Å². The lowest BCUT2D eigenvalue weighted by molar-refractivity contribution is 0.613. The van der Waals surface area contributed by atoms with E-state index in [9.17, 15) is 0 Å². The molecule has 0 fully saturated rings. The summed E-state index contributed by atoms with van der Waals surface area (Å²) in [7, 11) is 0. The first kappa shape index (κ1) is 13.1. The second-order valence-corrected chi connectivity index (χ2v) is 4.73. The van der Waals surface area contributed by atoms with Crippen molar-refractivity contribution in [1.29, 1.82) is 0 Å². The number of nitrogens with zero attached hydrogens (tertiary/aromatic N) is 1. The molecule has 0 spiro atoms. The molecule has 86 valence electrons. The molecule has 0 saturated carbocycles. The molecule has 16 heavy (non-hydrogen) atoms. The number of pyridine rings is 1. The van der Waals surface area contributed by atoms with Crippen molar-refractivity contribution in [3.63, 3.8) is 0 Å². The SMILES string of the molecule is CCCC[C@@H](C)C#Cc1nc(N)ccc1Br. The lowest BCUT2D eigenvalue weighted by atomic mass is 10.1. The van der Waals surface area contributed by atoms with Crippen LogP contribution in [0.5, 0.6) is 0 Å². The van der Waals surface area contributed by atoms with Gasteiger partial charge >= 0.3 is 0 Å². The Morgan fingerprint density at radius 3 is 2.94 bits per heavy atom. The van der Waals surface area contributed by atoms with Gasteiger partial charge in [-0.05, 0) is 40.4 Å². The zero-order chi connectivity index (χ0) is 12.0. The van der Waals surface area contributed by atoms with Crippen molar-refractivity contribution in [2.45, 2.75) is 33.1 Å². The van der Waals surface area contributed by atoms with Crippen molar-refractivity contribution < 1.29 is 0 Å². The van der Waals surface area contributed by atoms with E-state index in [0.717, 1.165) is 16.6 Å². The number of anilines is 1. The zero-order valence-electron chi connectivity index (χ0n) is 9.76. The third-order valence-corrected chi connectivity index (χ3v) is 2.94. The number of halogens is 1. The maximum atomic E-state index is 5.61. The first-order valence-corrected chi connectivity index (χ1v) is 6.36. The van der Waals surface area contributed by atoms with Crippen LogP contribution in [0.25, 0.3) is 0 Å². The normalized spacial score (nSPS) is 11.7. The summed E-state index contributed by atoms with van der Waals surface area (Å²) in [6.45, 7) is 4.33. The van der Waals surface area contributed by atoms with Gasteiger partial charge in [0.15, 0.2) is 0 Å². The summed E-state index contributed by atoms with van der Waals surface area (Å²) in [6.07, 6.45) is 3.58. The molecule has 1 aromatic heterocycles. The molecule has 0 saturated heterocycles. The molecule has 1 heterocycles. The fraction of sp³-hybridized carbons (Fsp3) is 0.462. The molecular weight excluding hydrogens is 264 g/mol. The second-order valence-electron chi connectivity index (χ2n) is 3.88. The maximum absolute atomic E-state index is 5.61. The van der Waals surface area contributed by atoms with Crippen molar-refractivity contribution >= 4 is 21.7 Å². The van der Waals surface area contributed by atoms with Crippen LogP contribution in [0, 0.1) is 17.8 Å². The predicted octanol–water partition coefficient (Wildman–Crippen LogP) is 3.60. The molecule has 1 atom stereocenters. The van der Waals surface area contributed by atoms with E-state index in [4.69, 9.17) is 5.73 Å². The van der Waals surface area contributed by atoms with Gasteiger partial charge in [-0.1, -0.05) is 32.6 Å². The van der Waals surface area contributed by atoms with Crippen LogP contribution < -0.4 is 5.73 Å². The zero-order valence-corrected chi connectivity index (χ0v) is 11.3. The Bertz CT molecular complexity index is 404. The van der Waals surface area contributed by atoms with Crippen LogP contribution in [-0.2, 0) is 0 Å². The molecule has 0 aliphatic rings. The molecule has 1 rings (SSSR count). The third-order valence-electron chi connectivity index (χ3n) is 2.30. The lowest BCUT2D eigenvalue weighted by Crippen LogP contribution is -1.94. The summed E-state index contributed by atoms with van der Waals surface area (Å²) in [6, 6.07) is 3.64. The van der Waals surface area contributed by atoms with Gasteiger partial charge in [0.1, 0.15) is 11.5 Å². The maximum Gasteiger partial charge on any atom is 0.129 e. The Kier molecular flexibility index (Phi) is 5.34. The monoisotopic (exact) mass is 280 g/mol.